The van der Waals surface area contributed by atoms with Crippen molar-refractivity contribution >= 4 is 5.82 Å². The van der Waals surface area contributed by atoms with Crippen molar-refractivity contribution in [1.82, 2.24) is 24.5 Å². The van der Waals surface area contributed by atoms with E-state index in [1.54, 1.807) is 17.1 Å². The summed E-state index contributed by atoms with van der Waals surface area (Å²) in [5.74, 6) is 0.247. The molecule has 2 aromatic rings. The van der Waals surface area contributed by atoms with Crippen molar-refractivity contribution in [3.8, 4) is 0 Å². The Morgan fingerprint density at radius 2 is 2.27 bits per heavy atom. The van der Waals surface area contributed by atoms with E-state index in [0.29, 0.717) is 19.6 Å². The predicted molar refractivity (Wildman–Crippen MR) is 74.8 cm³/mol. The zero-order valence-corrected chi connectivity index (χ0v) is 12.0. The minimum absolute atomic E-state index is 0.0866. The highest BCUT2D eigenvalue weighted by Gasteiger charge is 2.39. The fraction of sp³-hybridized carbons (Fsp3) is 0.538. The molecule has 0 aromatic carbocycles. The molecule has 9 heteroatoms. The van der Waals surface area contributed by atoms with Crippen molar-refractivity contribution < 1.29 is 9.47 Å². The first-order valence-electron chi connectivity index (χ1n) is 7.11. The first kappa shape index (κ1) is 13.4. The van der Waals surface area contributed by atoms with Gasteiger partial charge in [-0.2, -0.15) is 4.98 Å². The van der Waals surface area contributed by atoms with E-state index in [4.69, 9.17) is 15.2 Å². The summed E-state index contributed by atoms with van der Waals surface area (Å²) in [4.78, 5) is 15.9. The van der Waals surface area contributed by atoms with E-state index in [0.717, 1.165) is 11.3 Å². The third-order valence-corrected chi connectivity index (χ3v) is 4.16. The van der Waals surface area contributed by atoms with Crippen LogP contribution in [0, 0.1) is 6.92 Å². The first-order valence-corrected chi connectivity index (χ1v) is 7.11. The lowest BCUT2D eigenvalue weighted by molar-refractivity contribution is -0.0426. The quantitative estimate of drug-likeness (QED) is 0.764. The van der Waals surface area contributed by atoms with E-state index in [1.807, 2.05) is 6.92 Å². The van der Waals surface area contributed by atoms with E-state index < -0.39 is 11.9 Å². The second kappa shape index (κ2) is 4.89. The van der Waals surface area contributed by atoms with Gasteiger partial charge in [-0.15, -0.1) is 5.10 Å². The maximum atomic E-state index is 12.0. The molecule has 1 saturated heterocycles. The van der Waals surface area contributed by atoms with E-state index in [2.05, 4.69) is 15.3 Å². The van der Waals surface area contributed by atoms with Gasteiger partial charge in [-0.3, -0.25) is 4.57 Å². The average molecular weight is 304 g/mol. The van der Waals surface area contributed by atoms with Crippen molar-refractivity contribution in [2.45, 2.75) is 44.9 Å². The summed E-state index contributed by atoms with van der Waals surface area (Å²) in [6.45, 7) is 2.81. The Hall–Kier alpha value is -2.26. The Morgan fingerprint density at radius 3 is 3.14 bits per heavy atom. The summed E-state index contributed by atoms with van der Waals surface area (Å²) in [7, 11) is 0. The minimum atomic E-state index is -0.411. The van der Waals surface area contributed by atoms with Gasteiger partial charge in [-0.25, -0.2) is 9.48 Å². The van der Waals surface area contributed by atoms with Gasteiger partial charge in [0.1, 0.15) is 18.1 Å². The van der Waals surface area contributed by atoms with E-state index in [1.165, 1.54) is 4.57 Å². The Balaban J connectivity index is 1.61. The van der Waals surface area contributed by atoms with E-state index in [9.17, 15) is 4.79 Å². The number of aromatic nitrogens is 5. The van der Waals surface area contributed by atoms with Gasteiger partial charge in [0.05, 0.1) is 31.1 Å². The van der Waals surface area contributed by atoms with Crippen LogP contribution in [-0.2, 0) is 22.6 Å². The molecule has 2 aliphatic heterocycles. The molecule has 116 valence electrons. The number of aryl methyl sites for hydroxylation is 1. The van der Waals surface area contributed by atoms with Crippen molar-refractivity contribution in [3.63, 3.8) is 0 Å². The SMILES string of the molecule is Cc1cn([C@H]2C[C@H]3OCc4cnnn4C[C@H]3O2)c(=O)nc1N. The third-order valence-electron chi connectivity index (χ3n) is 4.16. The second-order valence-corrected chi connectivity index (χ2v) is 5.62. The Morgan fingerprint density at radius 1 is 1.41 bits per heavy atom. The lowest BCUT2D eigenvalue weighted by Gasteiger charge is -2.16. The van der Waals surface area contributed by atoms with Crippen LogP contribution in [0.15, 0.2) is 17.2 Å². The molecule has 0 spiro atoms. The highest BCUT2D eigenvalue weighted by Crippen LogP contribution is 2.33. The zero-order chi connectivity index (χ0) is 15.3. The summed E-state index contributed by atoms with van der Waals surface area (Å²) >= 11 is 0. The molecule has 9 nitrogen and oxygen atoms in total. The second-order valence-electron chi connectivity index (χ2n) is 5.62. The van der Waals surface area contributed by atoms with Gasteiger partial charge in [0.2, 0.25) is 0 Å². The van der Waals surface area contributed by atoms with Crippen LogP contribution in [0.2, 0.25) is 0 Å². The third kappa shape index (κ3) is 2.09. The summed E-state index contributed by atoms with van der Waals surface area (Å²) in [6.07, 6.45) is 3.31. The molecule has 4 heterocycles. The molecule has 0 unspecified atom stereocenters. The smallest absolute Gasteiger partial charge is 0.351 e. The zero-order valence-electron chi connectivity index (χ0n) is 12.0. The van der Waals surface area contributed by atoms with Crippen LogP contribution >= 0.6 is 0 Å². The molecule has 22 heavy (non-hydrogen) atoms. The molecule has 2 aromatic heterocycles. The Bertz CT molecular complexity index is 769. The van der Waals surface area contributed by atoms with Gasteiger partial charge in [0.15, 0.2) is 0 Å². The van der Waals surface area contributed by atoms with Crippen molar-refractivity contribution in [1.29, 1.82) is 0 Å². The number of fused-ring (bicyclic) bond motifs is 2. The minimum Gasteiger partial charge on any atom is -0.383 e. The molecule has 0 bridgehead atoms. The van der Waals surface area contributed by atoms with Crippen molar-refractivity contribution in [3.05, 3.63) is 34.1 Å². The maximum Gasteiger partial charge on any atom is 0.351 e. The summed E-state index contributed by atoms with van der Waals surface area (Å²) in [5.41, 5.74) is 6.92. The standard InChI is InChI=1S/C13H16N6O3/c1-7-4-18(13(20)16-12(7)14)11-2-9-10(22-11)5-19-8(6-21-9)3-15-17-19/h3-4,9-11H,2,5-6H2,1H3,(H2,14,16,20)/t9-,10-,11-/m1/s1. The maximum absolute atomic E-state index is 12.0. The molecular weight excluding hydrogens is 288 g/mol. The highest BCUT2D eigenvalue weighted by molar-refractivity contribution is 5.35. The van der Waals surface area contributed by atoms with Crippen molar-refractivity contribution in [2.75, 3.05) is 5.73 Å². The van der Waals surface area contributed by atoms with Crippen molar-refractivity contribution in [2.24, 2.45) is 0 Å². The topological polar surface area (TPSA) is 110 Å². The fourth-order valence-electron chi connectivity index (χ4n) is 2.90. The van der Waals surface area contributed by atoms with Crippen LogP contribution < -0.4 is 11.4 Å². The van der Waals surface area contributed by atoms with Gasteiger partial charge in [-0.05, 0) is 6.92 Å². The number of nitrogens with two attached hydrogens (primary N) is 1. The summed E-state index contributed by atoms with van der Waals surface area (Å²) < 4.78 is 15.1. The molecule has 0 amide bonds. The molecule has 0 radical (unpaired) electrons. The summed E-state index contributed by atoms with van der Waals surface area (Å²) in [5, 5.41) is 7.90. The largest absolute Gasteiger partial charge is 0.383 e. The van der Waals surface area contributed by atoms with E-state index in [-0.39, 0.29) is 18.0 Å². The number of anilines is 1. The molecule has 1 fully saturated rings. The van der Waals surface area contributed by atoms with Crippen LogP contribution in [0.4, 0.5) is 5.82 Å². The van der Waals surface area contributed by atoms with Crippen LogP contribution in [0.5, 0.6) is 0 Å². The number of nitrogen functional groups attached to an aromatic ring is 1. The predicted octanol–water partition coefficient (Wildman–Crippen LogP) is -0.388. The average Bonchev–Trinajstić information content (AvgIpc) is 3.06. The number of nitrogens with zero attached hydrogens (tertiary/aromatic N) is 5. The molecule has 0 aliphatic carbocycles. The van der Waals surface area contributed by atoms with Crippen LogP contribution in [0.25, 0.3) is 0 Å². The lowest BCUT2D eigenvalue weighted by atomic mass is 10.2. The van der Waals surface area contributed by atoms with Gasteiger partial charge in [0, 0.05) is 18.2 Å². The van der Waals surface area contributed by atoms with Gasteiger partial charge >= 0.3 is 5.69 Å². The molecule has 2 aliphatic rings. The van der Waals surface area contributed by atoms with Gasteiger partial charge in [0.25, 0.3) is 0 Å². The number of rotatable bonds is 1. The Kier molecular flexibility index (Phi) is 2.98. The Labute approximate surface area is 125 Å². The van der Waals surface area contributed by atoms with Crippen LogP contribution in [0.1, 0.15) is 23.9 Å². The number of ether oxygens (including phenoxy) is 2. The van der Waals surface area contributed by atoms with Crippen LogP contribution in [-0.4, -0.2) is 36.8 Å². The lowest BCUT2D eigenvalue weighted by Crippen LogP contribution is -2.29. The molecule has 0 saturated carbocycles. The normalized spacial score (nSPS) is 27.2. The molecule has 4 rings (SSSR count). The summed E-state index contributed by atoms with van der Waals surface area (Å²) in [6, 6.07) is 0. The number of hydrogen-bond donors (Lipinski definition) is 1. The number of hydrogen-bond acceptors (Lipinski definition) is 7. The molecular formula is C13H16N6O3. The van der Waals surface area contributed by atoms with Gasteiger partial charge in [-0.1, -0.05) is 5.21 Å². The van der Waals surface area contributed by atoms with Gasteiger partial charge < -0.3 is 15.2 Å². The van der Waals surface area contributed by atoms with Crippen LogP contribution in [0.3, 0.4) is 0 Å². The monoisotopic (exact) mass is 304 g/mol. The molecule has 2 N–H and O–H groups in total. The fourth-order valence-corrected chi connectivity index (χ4v) is 2.90. The first-order chi connectivity index (χ1) is 10.6. The van der Waals surface area contributed by atoms with E-state index >= 15 is 0 Å². The molecule has 3 atom stereocenters. The highest BCUT2D eigenvalue weighted by atomic mass is 16.6.